The van der Waals surface area contributed by atoms with Crippen LogP contribution in [-0.4, -0.2) is 17.1 Å². The fourth-order valence-corrected chi connectivity index (χ4v) is 2.22. The minimum Gasteiger partial charge on any atom is -0.376 e. The highest BCUT2D eigenvalue weighted by Crippen LogP contribution is 2.24. The molecule has 0 saturated carbocycles. The summed E-state index contributed by atoms with van der Waals surface area (Å²) in [6.45, 7) is 0.857. The Morgan fingerprint density at radius 3 is 3.15 bits per heavy atom. The first-order valence-electron chi connectivity index (χ1n) is 4.64. The molecule has 1 aliphatic heterocycles. The van der Waals surface area contributed by atoms with E-state index in [1.165, 1.54) is 24.4 Å². The van der Waals surface area contributed by atoms with Gasteiger partial charge in [-0.3, -0.25) is 0 Å². The standard InChI is InChI=1S/C9H14N2OS/c10-9(7-5-11-13-6-7)8-3-1-2-4-12-8/h5-6,8-9H,1-4,10H2. The van der Waals surface area contributed by atoms with Gasteiger partial charge in [0.05, 0.1) is 12.1 Å². The van der Waals surface area contributed by atoms with E-state index in [-0.39, 0.29) is 12.1 Å². The molecular formula is C9H14N2OS. The van der Waals surface area contributed by atoms with E-state index < -0.39 is 0 Å². The summed E-state index contributed by atoms with van der Waals surface area (Å²) >= 11 is 1.45. The topological polar surface area (TPSA) is 48.1 Å². The number of rotatable bonds is 2. The molecule has 1 aliphatic rings. The molecular weight excluding hydrogens is 184 g/mol. The molecule has 1 aromatic rings. The first-order chi connectivity index (χ1) is 6.38. The number of ether oxygens (including phenoxy) is 1. The molecule has 0 spiro atoms. The van der Waals surface area contributed by atoms with Crippen LogP contribution in [0.1, 0.15) is 30.9 Å². The zero-order valence-corrected chi connectivity index (χ0v) is 8.30. The van der Waals surface area contributed by atoms with Gasteiger partial charge in [0.15, 0.2) is 0 Å². The van der Waals surface area contributed by atoms with E-state index in [4.69, 9.17) is 10.5 Å². The second-order valence-corrected chi connectivity index (χ2v) is 4.05. The van der Waals surface area contributed by atoms with Gasteiger partial charge < -0.3 is 10.5 Å². The fourth-order valence-electron chi connectivity index (χ4n) is 1.64. The van der Waals surface area contributed by atoms with E-state index in [2.05, 4.69) is 4.37 Å². The molecule has 2 unspecified atom stereocenters. The third-order valence-electron chi connectivity index (χ3n) is 2.45. The van der Waals surface area contributed by atoms with Crippen LogP contribution in [0.15, 0.2) is 11.6 Å². The van der Waals surface area contributed by atoms with E-state index in [9.17, 15) is 0 Å². The van der Waals surface area contributed by atoms with Crippen molar-refractivity contribution in [3.05, 3.63) is 17.1 Å². The fraction of sp³-hybridized carbons (Fsp3) is 0.667. The van der Waals surface area contributed by atoms with Gasteiger partial charge in [-0.2, -0.15) is 0 Å². The summed E-state index contributed by atoms with van der Waals surface area (Å²) in [5.41, 5.74) is 7.16. The zero-order valence-electron chi connectivity index (χ0n) is 7.48. The van der Waals surface area contributed by atoms with Gasteiger partial charge in [0.1, 0.15) is 0 Å². The van der Waals surface area contributed by atoms with E-state index >= 15 is 0 Å². The number of aromatic nitrogens is 1. The van der Waals surface area contributed by atoms with Crippen LogP contribution in [0.2, 0.25) is 0 Å². The smallest absolute Gasteiger partial charge is 0.0768 e. The normalized spacial score (nSPS) is 25.8. The number of hydrogen-bond donors (Lipinski definition) is 1. The highest BCUT2D eigenvalue weighted by atomic mass is 32.1. The Morgan fingerprint density at radius 1 is 1.62 bits per heavy atom. The van der Waals surface area contributed by atoms with E-state index in [1.807, 2.05) is 11.6 Å². The predicted molar refractivity (Wildman–Crippen MR) is 52.6 cm³/mol. The molecule has 2 rings (SSSR count). The van der Waals surface area contributed by atoms with Gasteiger partial charge in [0.2, 0.25) is 0 Å². The average molecular weight is 198 g/mol. The Morgan fingerprint density at radius 2 is 2.54 bits per heavy atom. The lowest BCUT2D eigenvalue weighted by Crippen LogP contribution is -2.31. The van der Waals surface area contributed by atoms with Crippen molar-refractivity contribution in [2.24, 2.45) is 5.73 Å². The Bertz CT molecular complexity index is 244. The number of nitrogens with two attached hydrogens (primary N) is 1. The molecule has 2 heterocycles. The van der Waals surface area contributed by atoms with Crippen LogP contribution in [0, 0.1) is 0 Å². The van der Waals surface area contributed by atoms with Crippen LogP contribution in [0.4, 0.5) is 0 Å². The summed E-state index contributed by atoms with van der Waals surface area (Å²) in [5.74, 6) is 0. The molecule has 13 heavy (non-hydrogen) atoms. The van der Waals surface area contributed by atoms with Crippen molar-refractivity contribution in [2.45, 2.75) is 31.4 Å². The molecule has 0 aromatic carbocycles. The average Bonchev–Trinajstić information content (AvgIpc) is 2.71. The Hall–Kier alpha value is -0.450. The van der Waals surface area contributed by atoms with E-state index in [0.29, 0.717) is 0 Å². The zero-order chi connectivity index (χ0) is 9.10. The summed E-state index contributed by atoms with van der Waals surface area (Å²) in [5, 5.41) is 2.00. The molecule has 3 nitrogen and oxygen atoms in total. The van der Waals surface area contributed by atoms with Crippen molar-refractivity contribution in [1.29, 1.82) is 0 Å². The lowest BCUT2D eigenvalue weighted by Gasteiger charge is -2.27. The van der Waals surface area contributed by atoms with Gasteiger partial charge in [-0.25, -0.2) is 4.37 Å². The van der Waals surface area contributed by atoms with Crippen LogP contribution in [-0.2, 0) is 4.74 Å². The second-order valence-electron chi connectivity index (χ2n) is 3.39. The molecule has 0 bridgehead atoms. The van der Waals surface area contributed by atoms with Gasteiger partial charge >= 0.3 is 0 Å². The molecule has 0 amide bonds. The van der Waals surface area contributed by atoms with Crippen LogP contribution in [0.3, 0.4) is 0 Å². The molecule has 2 N–H and O–H groups in total. The Kier molecular flexibility index (Phi) is 2.93. The van der Waals surface area contributed by atoms with Gasteiger partial charge in [-0.1, -0.05) is 0 Å². The number of nitrogens with zero attached hydrogens (tertiary/aromatic N) is 1. The molecule has 72 valence electrons. The monoisotopic (exact) mass is 198 g/mol. The van der Waals surface area contributed by atoms with Crippen LogP contribution < -0.4 is 5.73 Å². The molecule has 0 radical (unpaired) electrons. The largest absolute Gasteiger partial charge is 0.376 e. The highest BCUT2D eigenvalue weighted by molar-refractivity contribution is 7.03. The van der Waals surface area contributed by atoms with Gasteiger partial charge in [0, 0.05) is 23.7 Å². The quantitative estimate of drug-likeness (QED) is 0.787. The molecule has 0 aliphatic carbocycles. The van der Waals surface area contributed by atoms with Crippen molar-refractivity contribution < 1.29 is 4.74 Å². The maximum Gasteiger partial charge on any atom is 0.0768 e. The summed E-state index contributed by atoms with van der Waals surface area (Å²) in [7, 11) is 0. The Labute approximate surface area is 82.1 Å². The van der Waals surface area contributed by atoms with Gasteiger partial charge in [-0.05, 0) is 30.8 Å². The number of hydrogen-bond acceptors (Lipinski definition) is 4. The minimum absolute atomic E-state index is 0.0130. The highest BCUT2D eigenvalue weighted by Gasteiger charge is 2.22. The van der Waals surface area contributed by atoms with Gasteiger partial charge in [0.25, 0.3) is 0 Å². The molecule has 1 fully saturated rings. The summed E-state index contributed by atoms with van der Waals surface area (Å²) in [4.78, 5) is 0. The van der Waals surface area contributed by atoms with Crippen molar-refractivity contribution in [1.82, 2.24) is 4.37 Å². The molecule has 1 saturated heterocycles. The first kappa shape index (κ1) is 9.12. The van der Waals surface area contributed by atoms with E-state index in [1.54, 1.807) is 0 Å². The SMILES string of the molecule is NC(c1cnsc1)C1CCCCO1. The first-order valence-corrected chi connectivity index (χ1v) is 5.48. The lowest BCUT2D eigenvalue weighted by molar-refractivity contribution is 0.0000539. The van der Waals surface area contributed by atoms with Crippen molar-refractivity contribution in [3.63, 3.8) is 0 Å². The summed E-state index contributed by atoms with van der Waals surface area (Å²) in [6, 6.07) is 0.0130. The van der Waals surface area contributed by atoms with Gasteiger partial charge in [-0.15, -0.1) is 0 Å². The molecule has 1 aromatic heterocycles. The van der Waals surface area contributed by atoms with Crippen molar-refractivity contribution in [2.75, 3.05) is 6.61 Å². The van der Waals surface area contributed by atoms with Crippen LogP contribution in [0.25, 0.3) is 0 Å². The van der Waals surface area contributed by atoms with Crippen LogP contribution in [0.5, 0.6) is 0 Å². The third-order valence-corrected chi connectivity index (χ3v) is 3.06. The van der Waals surface area contributed by atoms with E-state index in [0.717, 1.165) is 18.6 Å². The maximum atomic E-state index is 6.06. The summed E-state index contributed by atoms with van der Waals surface area (Å²) < 4.78 is 9.66. The van der Waals surface area contributed by atoms with Crippen LogP contribution >= 0.6 is 11.5 Å². The molecule has 2 atom stereocenters. The van der Waals surface area contributed by atoms with Crippen molar-refractivity contribution >= 4 is 11.5 Å². The maximum absolute atomic E-state index is 6.06. The second kappa shape index (κ2) is 4.17. The van der Waals surface area contributed by atoms with Crippen molar-refractivity contribution in [3.8, 4) is 0 Å². The third kappa shape index (κ3) is 2.07. The lowest BCUT2D eigenvalue weighted by atomic mass is 9.99. The minimum atomic E-state index is 0.0130. The molecule has 4 heteroatoms. The predicted octanol–water partition coefficient (Wildman–Crippen LogP) is 1.71. The summed E-state index contributed by atoms with van der Waals surface area (Å²) in [6.07, 6.45) is 5.52. The Balaban J connectivity index is 1.99.